The van der Waals surface area contributed by atoms with Gasteiger partial charge in [0.05, 0.1) is 6.61 Å². The van der Waals surface area contributed by atoms with Crippen LogP contribution >= 0.6 is 0 Å². The second-order valence-corrected chi connectivity index (χ2v) is 6.09. The number of carbonyl (C=O) groups excluding carboxylic acids is 1. The number of hydrogen-bond donors (Lipinski definition) is 3. The average molecular weight is 264 g/mol. The van der Waals surface area contributed by atoms with Gasteiger partial charge in [0, 0.05) is 18.2 Å². The summed E-state index contributed by atoms with van der Waals surface area (Å²) in [5.41, 5.74) is 6.91. The van der Waals surface area contributed by atoms with Crippen LogP contribution in [0.15, 0.2) is 24.3 Å². The Morgan fingerprint density at radius 3 is 2.63 bits per heavy atom. The van der Waals surface area contributed by atoms with Gasteiger partial charge in [-0.05, 0) is 29.5 Å². The summed E-state index contributed by atoms with van der Waals surface area (Å²) in [4.78, 5) is 11.1. The molecule has 0 aliphatic heterocycles. The quantitative estimate of drug-likeness (QED) is 0.731. The van der Waals surface area contributed by atoms with Crippen molar-refractivity contribution >= 4 is 5.91 Å². The summed E-state index contributed by atoms with van der Waals surface area (Å²) in [6.07, 6.45) is 0.888. The summed E-state index contributed by atoms with van der Waals surface area (Å²) in [7, 11) is 0. The molecule has 1 amide bonds. The fraction of sp³-hybridized carbons (Fsp3) is 0.533. The molecule has 0 bridgehead atoms. The number of aliphatic hydroxyl groups is 1. The number of amides is 1. The molecule has 1 aromatic rings. The highest BCUT2D eigenvalue weighted by Crippen LogP contribution is 2.20. The maximum Gasteiger partial charge on any atom is 0.248 e. The Labute approximate surface area is 115 Å². The second kappa shape index (κ2) is 6.68. The van der Waals surface area contributed by atoms with Gasteiger partial charge in [0.15, 0.2) is 0 Å². The zero-order valence-electron chi connectivity index (χ0n) is 11.9. The molecule has 4 heteroatoms. The fourth-order valence-corrected chi connectivity index (χ4v) is 2.04. The minimum atomic E-state index is -0.421. The van der Waals surface area contributed by atoms with Gasteiger partial charge in [0.2, 0.25) is 5.91 Å². The number of nitrogens with two attached hydrogens (primary N) is 1. The molecule has 19 heavy (non-hydrogen) atoms. The Bertz CT molecular complexity index is 424. The number of rotatable bonds is 6. The van der Waals surface area contributed by atoms with Crippen molar-refractivity contribution in [1.82, 2.24) is 5.32 Å². The van der Waals surface area contributed by atoms with Crippen LogP contribution in [0.25, 0.3) is 0 Å². The lowest BCUT2D eigenvalue weighted by atomic mass is 9.88. The molecule has 0 saturated heterocycles. The minimum absolute atomic E-state index is 0.0530. The van der Waals surface area contributed by atoms with E-state index in [1.165, 1.54) is 0 Å². The van der Waals surface area contributed by atoms with Gasteiger partial charge in [-0.15, -0.1) is 0 Å². The maximum absolute atomic E-state index is 11.1. The van der Waals surface area contributed by atoms with Crippen LogP contribution < -0.4 is 11.1 Å². The van der Waals surface area contributed by atoms with E-state index in [4.69, 9.17) is 5.73 Å². The monoisotopic (exact) mass is 264 g/mol. The summed E-state index contributed by atoms with van der Waals surface area (Å²) < 4.78 is 0. The number of aliphatic hydroxyl groups excluding tert-OH is 1. The van der Waals surface area contributed by atoms with Gasteiger partial charge in [0.1, 0.15) is 0 Å². The standard InChI is InChI=1S/C15H24N2O2/c1-15(2,3)8-13(10-18)17-9-11-5-4-6-12(7-11)14(16)19/h4-7,13,17-18H,8-10H2,1-3H3,(H2,16,19). The minimum Gasteiger partial charge on any atom is -0.395 e. The molecule has 1 aromatic carbocycles. The smallest absolute Gasteiger partial charge is 0.248 e. The molecule has 0 fully saturated rings. The lowest BCUT2D eigenvalue weighted by Crippen LogP contribution is -2.35. The predicted octanol–water partition coefficient (Wildman–Crippen LogP) is 1.67. The summed E-state index contributed by atoms with van der Waals surface area (Å²) in [5, 5.41) is 12.7. The van der Waals surface area contributed by atoms with Crippen molar-refractivity contribution in [1.29, 1.82) is 0 Å². The molecule has 0 saturated carbocycles. The fourth-order valence-electron chi connectivity index (χ4n) is 2.04. The van der Waals surface area contributed by atoms with Crippen LogP contribution in [-0.2, 0) is 6.54 Å². The zero-order valence-corrected chi connectivity index (χ0v) is 11.9. The molecule has 106 valence electrons. The highest BCUT2D eigenvalue weighted by atomic mass is 16.3. The number of benzene rings is 1. The van der Waals surface area contributed by atoms with Gasteiger partial charge in [-0.1, -0.05) is 32.9 Å². The Balaban J connectivity index is 2.60. The van der Waals surface area contributed by atoms with Crippen LogP contribution in [-0.4, -0.2) is 23.7 Å². The molecule has 4 N–H and O–H groups in total. The average Bonchev–Trinajstić information content (AvgIpc) is 2.33. The van der Waals surface area contributed by atoms with Crippen molar-refractivity contribution in [3.8, 4) is 0 Å². The van der Waals surface area contributed by atoms with E-state index in [1.807, 2.05) is 12.1 Å². The van der Waals surface area contributed by atoms with E-state index in [1.54, 1.807) is 12.1 Å². The van der Waals surface area contributed by atoms with Crippen LogP contribution in [0, 0.1) is 5.41 Å². The van der Waals surface area contributed by atoms with Crippen molar-refractivity contribution < 1.29 is 9.90 Å². The topological polar surface area (TPSA) is 75.3 Å². The van der Waals surface area contributed by atoms with Gasteiger partial charge in [-0.2, -0.15) is 0 Å². The van der Waals surface area contributed by atoms with Crippen molar-refractivity contribution in [3.05, 3.63) is 35.4 Å². The van der Waals surface area contributed by atoms with E-state index in [9.17, 15) is 9.90 Å². The molecule has 0 aliphatic rings. The molecular weight excluding hydrogens is 240 g/mol. The summed E-state index contributed by atoms with van der Waals surface area (Å²) in [6.45, 7) is 7.15. The first kappa shape index (κ1) is 15.7. The van der Waals surface area contributed by atoms with E-state index in [-0.39, 0.29) is 18.1 Å². The third-order valence-electron chi connectivity index (χ3n) is 2.89. The van der Waals surface area contributed by atoms with E-state index < -0.39 is 5.91 Å². The van der Waals surface area contributed by atoms with Crippen LogP contribution in [0.3, 0.4) is 0 Å². The molecule has 0 spiro atoms. The lowest BCUT2D eigenvalue weighted by molar-refractivity contribution is 0.1000. The zero-order chi connectivity index (χ0) is 14.5. The van der Waals surface area contributed by atoms with Crippen LogP contribution in [0.2, 0.25) is 0 Å². The van der Waals surface area contributed by atoms with Crippen LogP contribution in [0.5, 0.6) is 0 Å². The van der Waals surface area contributed by atoms with E-state index >= 15 is 0 Å². The normalized spacial score (nSPS) is 13.3. The Hall–Kier alpha value is -1.39. The van der Waals surface area contributed by atoms with Gasteiger partial charge >= 0.3 is 0 Å². The van der Waals surface area contributed by atoms with E-state index in [0.717, 1.165) is 12.0 Å². The first-order valence-electron chi connectivity index (χ1n) is 6.55. The van der Waals surface area contributed by atoms with Gasteiger partial charge < -0.3 is 16.2 Å². The third kappa shape index (κ3) is 5.85. The summed E-state index contributed by atoms with van der Waals surface area (Å²) in [6, 6.07) is 7.28. The molecule has 1 rings (SSSR count). The molecule has 1 atom stereocenters. The number of carbonyl (C=O) groups is 1. The van der Waals surface area contributed by atoms with Crippen molar-refractivity contribution in [2.75, 3.05) is 6.61 Å². The predicted molar refractivity (Wildman–Crippen MR) is 76.7 cm³/mol. The molecule has 0 radical (unpaired) electrons. The Kier molecular flexibility index (Phi) is 5.51. The van der Waals surface area contributed by atoms with Crippen LogP contribution in [0.4, 0.5) is 0 Å². The highest BCUT2D eigenvalue weighted by molar-refractivity contribution is 5.92. The Morgan fingerprint density at radius 2 is 2.11 bits per heavy atom. The number of primary amides is 1. The molecule has 0 heterocycles. The van der Waals surface area contributed by atoms with E-state index in [2.05, 4.69) is 26.1 Å². The molecule has 1 unspecified atom stereocenters. The molecule has 0 aliphatic carbocycles. The second-order valence-electron chi connectivity index (χ2n) is 6.09. The molecule has 4 nitrogen and oxygen atoms in total. The lowest BCUT2D eigenvalue weighted by Gasteiger charge is -2.25. The maximum atomic E-state index is 11.1. The first-order chi connectivity index (χ1) is 8.81. The molecule has 0 aromatic heterocycles. The van der Waals surface area contributed by atoms with Crippen molar-refractivity contribution in [2.45, 2.75) is 39.8 Å². The van der Waals surface area contributed by atoms with Crippen molar-refractivity contribution in [3.63, 3.8) is 0 Å². The van der Waals surface area contributed by atoms with Gasteiger partial charge in [-0.3, -0.25) is 4.79 Å². The number of hydrogen-bond acceptors (Lipinski definition) is 3. The largest absolute Gasteiger partial charge is 0.395 e. The van der Waals surface area contributed by atoms with Crippen LogP contribution in [0.1, 0.15) is 43.1 Å². The SMILES string of the molecule is CC(C)(C)CC(CO)NCc1cccc(C(N)=O)c1. The molecular formula is C15H24N2O2. The van der Waals surface area contributed by atoms with Gasteiger partial charge in [0.25, 0.3) is 0 Å². The van der Waals surface area contributed by atoms with Crippen molar-refractivity contribution in [2.24, 2.45) is 11.1 Å². The Morgan fingerprint density at radius 1 is 1.42 bits per heavy atom. The highest BCUT2D eigenvalue weighted by Gasteiger charge is 2.17. The third-order valence-corrected chi connectivity index (χ3v) is 2.89. The summed E-state index contributed by atoms with van der Waals surface area (Å²) in [5.74, 6) is -0.421. The van der Waals surface area contributed by atoms with E-state index in [0.29, 0.717) is 12.1 Å². The first-order valence-corrected chi connectivity index (χ1v) is 6.55. The number of nitrogens with one attached hydrogen (secondary N) is 1. The van der Waals surface area contributed by atoms with Gasteiger partial charge in [-0.25, -0.2) is 0 Å². The summed E-state index contributed by atoms with van der Waals surface area (Å²) >= 11 is 0.